The van der Waals surface area contributed by atoms with Crippen LogP contribution in [0.3, 0.4) is 0 Å². The van der Waals surface area contributed by atoms with E-state index in [1.165, 1.54) is 7.11 Å². The summed E-state index contributed by atoms with van der Waals surface area (Å²) < 4.78 is 4.64. The van der Waals surface area contributed by atoms with Gasteiger partial charge in [-0.05, 0) is 62.4 Å². The Kier molecular flexibility index (Phi) is 5.95. The molecule has 1 N–H and O–H groups in total. The third-order valence-electron chi connectivity index (χ3n) is 3.82. The van der Waals surface area contributed by atoms with Gasteiger partial charge in [0.2, 0.25) is 0 Å². The van der Waals surface area contributed by atoms with Crippen molar-refractivity contribution in [3.63, 3.8) is 0 Å². The number of carbonyl (C=O) groups excluding carboxylic acids is 2. The molecule has 2 aromatic carbocycles. The Hall–Kier alpha value is -2.82. The molecule has 0 heterocycles. The molecule has 0 atom stereocenters. The number of amides is 1. The number of carbonyl (C=O) groups is 2. The average molecular weight is 326 g/mol. The van der Waals surface area contributed by atoms with Crippen molar-refractivity contribution < 1.29 is 14.3 Å². The number of anilines is 2. The summed E-state index contributed by atoms with van der Waals surface area (Å²) in [4.78, 5) is 25.9. The van der Waals surface area contributed by atoms with E-state index < -0.39 is 5.97 Å². The largest absolute Gasteiger partial charge is 0.465 e. The van der Waals surface area contributed by atoms with Gasteiger partial charge in [0.15, 0.2) is 0 Å². The molecule has 0 spiro atoms. The molecule has 0 fully saturated rings. The van der Waals surface area contributed by atoms with Crippen LogP contribution in [0.2, 0.25) is 0 Å². The minimum atomic E-state index is -0.422. The van der Waals surface area contributed by atoms with Crippen molar-refractivity contribution in [2.75, 3.05) is 30.4 Å². The zero-order valence-corrected chi connectivity index (χ0v) is 14.2. The highest BCUT2D eigenvalue weighted by atomic mass is 16.5. The van der Waals surface area contributed by atoms with Gasteiger partial charge in [-0.25, -0.2) is 4.79 Å². The van der Waals surface area contributed by atoms with E-state index in [2.05, 4.69) is 28.8 Å². The molecule has 126 valence electrons. The topological polar surface area (TPSA) is 58.6 Å². The summed E-state index contributed by atoms with van der Waals surface area (Å²) in [6.45, 7) is 6.10. The van der Waals surface area contributed by atoms with Crippen LogP contribution in [-0.2, 0) is 4.74 Å². The zero-order valence-electron chi connectivity index (χ0n) is 14.2. The molecule has 2 aromatic rings. The molecule has 0 radical (unpaired) electrons. The second kappa shape index (κ2) is 8.15. The van der Waals surface area contributed by atoms with E-state index >= 15 is 0 Å². The van der Waals surface area contributed by atoms with Crippen molar-refractivity contribution in [1.29, 1.82) is 0 Å². The van der Waals surface area contributed by atoms with Crippen molar-refractivity contribution in [2.45, 2.75) is 13.8 Å². The summed E-state index contributed by atoms with van der Waals surface area (Å²) in [7, 11) is 1.32. The lowest BCUT2D eigenvalue weighted by Gasteiger charge is -2.21. The molecule has 2 rings (SSSR count). The Balaban J connectivity index is 2.05. The lowest BCUT2D eigenvalue weighted by Crippen LogP contribution is -2.21. The van der Waals surface area contributed by atoms with E-state index in [0.29, 0.717) is 11.1 Å². The first-order chi connectivity index (χ1) is 11.6. The van der Waals surface area contributed by atoms with Crippen LogP contribution in [0.4, 0.5) is 11.4 Å². The number of hydrogen-bond donors (Lipinski definition) is 1. The number of methoxy groups -OCH3 is 1. The van der Waals surface area contributed by atoms with Gasteiger partial charge in [-0.3, -0.25) is 4.79 Å². The van der Waals surface area contributed by atoms with Crippen molar-refractivity contribution in [3.8, 4) is 0 Å². The van der Waals surface area contributed by atoms with Crippen LogP contribution in [0.5, 0.6) is 0 Å². The van der Waals surface area contributed by atoms with Crippen molar-refractivity contribution in [1.82, 2.24) is 0 Å². The van der Waals surface area contributed by atoms with E-state index in [1.54, 1.807) is 24.3 Å². The molecule has 0 saturated heterocycles. The Morgan fingerprint density at radius 3 is 1.96 bits per heavy atom. The lowest BCUT2D eigenvalue weighted by atomic mass is 10.1. The summed E-state index contributed by atoms with van der Waals surface area (Å²) in [5.74, 6) is -0.643. The van der Waals surface area contributed by atoms with E-state index in [9.17, 15) is 9.59 Å². The molecular weight excluding hydrogens is 304 g/mol. The molecule has 0 bridgehead atoms. The number of hydrogen-bond acceptors (Lipinski definition) is 4. The summed E-state index contributed by atoms with van der Waals surface area (Å²) in [5, 5.41) is 2.85. The molecule has 0 aliphatic rings. The summed E-state index contributed by atoms with van der Waals surface area (Å²) in [6, 6.07) is 14.1. The molecule has 0 aromatic heterocycles. The molecule has 5 nitrogen and oxygen atoms in total. The Labute approximate surface area is 142 Å². The van der Waals surface area contributed by atoms with E-state index in [0.717, 1.165) is 24.5 Å². The molecular formula is C19H22N2O3. The highest BCUT2D eigenvalue weighted by molar-refractivity contribution is 6.04. The normalized spacial score (nSPS) is 10.1. The minimum Gasteiger partial charge on any atom is -0.465 e. The minimum absolute atomic E-state index is 0.220. The number of rotatable bonds is 6. The molecule has 0 aliphatic heterocycles. The van der Waals surface area contributed by atoms with Gasteiger partial charge in [0.1, 0.15) is 0 Å². The second-order valence-corrected chi connectivity index (χ2v) is 5.24. The van der Waals surface area contributed by atoms with Gasteiger partial charge in [-0.2, -0.15) is 0 Å². The smallest absolute Gasteiger partial charge is 0.337 e. The standard InChI is InChI=1S/C19H22N2O3/c1-4-21(5-2)17-12-10-16(11-13-17)20-18(22)14-6-8-15(9-7-14)19(23)24-3/h6-13H,4-5H2,1-3H3,(H,20,22). The van der Waals surface area contributed by atoms with Crippen LogP contribution in [-0.4, -0.2) is 32.1 Å². The fourth-order valence-electron chi connectivity index (χ4n) is 2.42. The molecule has 0 aliphatic carbocycles. The van der Waals surface area contributed by atoms with E-state index in [-0.39, 0.29) is 5.91 Å². The summed E-state index contributed by atoms with van der Waals surface area (Å²) in [5.41, 5.74) is 2.75. The average Bonchev–Trinajstić information content (AvgIpc) is 2.63. The first kappa shape index (κ1) is 17.5. The van der Waals surface area contributed by atoms with Crippen LogP contribution >= 0.6 is 0 Å². The van der Waals surface area contributed by atoms with Gasteiger partial charge in [-0.1, -0.05) is 0 Å². The first-order valence-corrected chi connectivity index (χ1v) is 7.93. The quantitative estimate of drug-likeness (QED) is 0.825. The molecule has 0 saturated carbocycles. The predicted octanol–water partition coefficient (Wildman–Crippen LogP) is 3.57. The predicted molar refractivity (Wildman–Crippen MR) is 95.7 cm³/mol. The van der Waals surface area contributed by atoms with Gasteiger partial charge >= 0.3 is 5.97 Å². The van der Waals surface area contributed by atoms with Crippen molar-refractivity contribution in [3.05, 3.63) is 59.7 Å². The van der Waals surface area contributed by atoms with Gasteiger partial charge in [0.05, 0.1) is 12.7 Å². The van der Waals surface area contributed by atoms with Crippen molar-refractivity contribution >= 4 is 23.3 Å². The van der Waals surface area contributed by atoms with Crippen LogP contribution in [0, 0.1) is 0 Å². The Morgan fingerprint density at radius 2 is 1.46 bits per heavy atom. The maximum absolute atomic E-state index is 12.3. The van der Waals surface area contributed by atoms with E-state index in [4.69, 9.17) is 0 Å². The lowest BCUT2D eigenvalue weighted by molar-refractivity contribution is 0.0600. The van der Waals surface area contributed by atoms with Crippen LogP contribution < -0.4 is 10.2 Å². The van der Waals surface area contributed by atoms with Gasteiger partial charge in [-0.15, -0.1) is 0 Å². The third kappa shape index (κ3) is 4.13. The SMILES string of the molecule is CCN(CC)c1ccc(NC(=O)c2ccc(C(=O)OC)cc2)cc1. The second-order valence-electron chi connectivity index (χ2n) is 5.24. The number of esters is 1. The fraction of sp³-hybridized carbons (Fsp3) is 0.263. The van der Waals surface area contributed by atoms with Crippen LogP contribution in [0.1, 0.15) is 34.6 Å². The first-order valence-electron chi connectivity index (χ1n) is 7.93. The van der Waals surface area contributed by atoms with Gasteiger partial charge in [0, 0.05) is 30.0 Å². The van der Waals surface area contributed by atoms with Crippen LogP contribution in [0.15, 0.2) is 48.5 Å². The number of nitrogens with one attached hydrogen (secondary N) is 1. The number of nitrogens with zero attached hydrogens (tertiary/aromatic N) is 1. The highest BCUT2D eigenvalue weighted by Crippen LogP contribution is 2.18. The van der Waals surface area contributed by atoms with Crippen LogP contribution in [0.25, 0.3) is 0 Å². The maximum Gasteiger partial charge on any atom is 0.337 e. The highest BCUT2D eigenvalue weighted by Gasteiger charge is 2.09. The number of ether oxygens (including phenoxy) is 1. The van der Waals surface area contributed by atoms with Gasteiger partial charge in [0.25, 0.3) is 5.91 Å². The van der Waals surface area contributed by atoms with Gasteiger partial charge < -0.3 is 15.0 Å². The fourth-order valence-corrected chi connectivity index (χ4v) is 2.42. The Morgan fingerprint density at radius 1 is 0.917 bits per heavy atom. The third-order valence-corrected chi connectivity index (χ3v) is 3.82. The number of benzene rings is 2. The summed E-state index contributed by atoms with van der Waals surface area (Å²) in [6.07, 6.45) is 0. The zero-order chi connectivity index (χ0) is 17.5. The maximum atomic E-state index is 12.3. The monoisotopic (exact) mass is 326 g/mol. The van der Waals surface area contributed by atoms with Crippen molar-refractivity contribution in [2.24, 2.45) is 0 Å². The molecule has 0 unspecified atom stereocenters. The molecule has 24 heavy (non-hydrogen) atoms. The summed E-state index contributed by atoms with van der Waals surface area (Å²) >= 11 is 0. The van der Waals surface area contributed by atoms with E-state index in [1.807, 2.05) is 24.3 Å². The molecule has 5 heteroatoms. The Bertz CT molecular complexity index is 690. The molecule has 1 amide bonds.